The van der Waals surface area contributed by atoms with Crippen molar-refractivity contribution in [2.45, 2.75) is 23.4 Å². The van der Waals surface area contributed by atoms with Gasteiger partial charge in [0, 0.05) is 37.4 Å². The highest BCUT2D eigenvalue weighted by Crippen LogP contribution is 2.42. The maximum atomic E-state index is 14.8. The van der Waals surface area contributed by atoms with Gasteiger partial charge in [0.1, 0.15) is 22.7 Å². The Balaban J connectivity index is 1.41. The molecule has 2 unspecified atom stereocenters. The van der Waals surface area contributed by atoms with Gasteiger partial charge in [0.2, 0.25) is 0 Å². The SMILES string of the molecule is Cc1nc2n(n1)C(=O)C(C(c1ccccc1F)N1CCN(c3ccc(F)cc3)CC1)S2. The number of piperazine rings is 1. The first-order valence-electron chi connectivity index (χ1n) is 10.1. The summed E-state index contributed by atoms with van der Waals surface area (Å²) < 4.78 is 29.4. The molecule has 6 nitrogen and oxygen atoms in total. The molecule has 0 amide bonds. The van der Waals surface area contributed by atoms with Crippen LogP contribution in [0.15, 0.2) is 53.7 Å². The molecule has 0 radical (unpaired) electrons. The van der Waals surface area contributed by atoms with Crippen LogP contribution in [0.4, 0.5) is 14.5 Å². The summed E-state index contributed by atoms with van der Waals surface area (Å²) in [5, 5.41) is 4.24. The highest BCUT2D eigenvalue weighted by molar-refractivity contribution is 8.00. The van der Waals surface area contributed by atoms with E-state index in [2.05, 4.69) is 19.9 Å². The molecule has 0 aliphatic carbocycles. The zero-order chi connectivity index (χ0) is 21.5. The molecule has 2 aliphatic rings. The zero-order valence-electron chi connectivity index (χ0n) is 16.9. The number of nitrogens with zero attached hydrogens (tertiary/aromatic N) is 5. The van der Waals surface area contributed by atoms with E-state index in [0.29, 0.717) is 42.7 Å². The highest BCUT2D eigenvalue weighted by atomic mass is 32.2. The number of thioether (sulfide) groups is 1. The van der Waals surface area contributed by atoms with Crippen LogP contribution in [0.1, 0.15) is 22.2 Å². The van der Waals surface area contributed by atoms with Gasteiger partial charge in [-0.25, -0.2) is 13.8 Å². The minimum Gasteiger partial charge on any atom is -0.369 e. The van der Waals surface area contributed by atoms with Crippen LogP contribution in [0, 0.1) is 18.6 Å². The van der Waals surface area contributed by atoms with Gasteiger partial charge in [0.25, 0.3) is 5.91 Å². The predicted octanol–water partition coefficient (Wildman–Crippen LogP) is 3.54. The Morgan fingerprint density at radius 1 is 1.03 bits per heavy atom. The number of carbonyl (C=O) groups is 1. The van der Waals surface area contributed by atoms with Crippen molar-refractivity contribution in [1.29, 1.82) is 0 Å². The molecule has 1 saturated heterocycles. The average Bonchev–Trinajstić information content (AvgIpc) is 3.28. The summed E-state index contributed by atoms with van der Waals surface area (Å²) in [7, 11) is 0. The molecule has 2 aromatic carbocycles. The van der Waals surface area contributed by atoms with Gasteiger partial charge in [-0.15, -0.1) is 5.10 Å². The third-order valence-electron chi connectivity index (χ3n) is 5.78. The Morgan fingerprint density at radius 2 is 1.74 bits per heavy atom. The lowest BCUT2D eigenvalue weighted by atomic mass is 9.99. The van der Waals surface area contributed by atoms with Crippen LogP contribution in [0.2, 0.25) is 0 Å². The average molecular weight is 442 g/mol. The van der Waals surface area contributed by atoms with Gasteiger partial charge < -0.3 is 4.90 Å². The highest BCUT2D eigenvalue weighted by Gasteiger charge is 2.44. The van der Waals surface area contributed by atoms with Crippen LogP contribution in [-0.4, -0.2) is 57.0 Å². The Labute approximate surface area is 182 Å². The van der Waals surface area contributed by atoms with E-state index in [0.717, 1.165) is 5.69 Å². The number of hydrogen-bond acceptors (Lipinski definition) is 6. The molecule has 0 bridgehead atoms. The van der Waals surface area contributed by atoms with E-state index in [1.807, 2.05) is 0 Å². The monoisotopic (exact) mass is 441 g/mol. The number of hydrogen-bond donors (Lipinski definition) is 0. The van der Waals surface area contributed by atoms with Crippen molar-refractivity contribution in [1.82, 2.24) is 19.7 Å². The van der Waals surface area contributed by atoms with Gasteiger partial charge in [-0.05, 0) is 37.3 Å². The van der Waals surface area contributed by atoms with Gasteiger partial charge >= 0.3 is 0 Å². The lowest BCUT2D eigenvalue weighted by molar-refractivity contribution is 0.0828. The number of halogens is 2. The Morgan fingerprint density at radius 3 is 2.42 bits per heavy atom. The summed E-state index contributed by atoms with van der Waals surface area (Å²) in [6, 6.07) is 12.6. The second-order valence-electron chi connectivity index (χ2n) is 7.70. The molecule has 2 aliphatic heterocycles. The number of aryl methyl sites for hydroxylation is 1. The van der Waals surface area contributed by atoms with Crippen LogP contribution < -0.4 is 4.90 Å². The molecular formula is C22H21F2N5OS. The second kappa shape index (κ2) is 8.05. The lowest BCUT2D eigenvalue weighted by Gasteiger charge is -2.41. The summed E-state index contributed by atoms with van der Waals surface area (Å²) in [5.41, 5.74) is 1.46. The van der Waals surface area contributed by atoms with Crippen LogP contribution in [-0.2, 0) is 0 Å². The molecule has 160 valence electrons. The first kappa shape index (κ1) is 20.1. The normalized spacial score (nSPS) is 20.2. The molecule has 2 atom stereocenters. The third-order valence-corrected chi connectivity index (χ3v) is 6.97. The summed E-state index contributed by atoms with van der Waals surface area (Å²) in [5.74, 6) is -0.213. The fourth-order valence-electron chi connectivity index (χ4n) is 4.28. The maximum absolute atomic E-state index is 14.8. The van der Waals surface area contributed by atoms with Crippen molar-refractivity contribution in [2.24, 2.45) is 0 Å². The quantitative estimate of drug-likeness (QED) is 0.617. The number of benzene rings is 2. The van der Waals surface area contributed by atoms with Crippen LogP contribution >= 0.6 is 11.8 Å². The molecule has 5 rings (SSSR count). The van der Waals surface area contributed by atoms with Crippen molar-refractivity contribution < 1.29 is 13.6 Å². The topological polar surface area (TPSA) is 54.3 Å². The molecule has 3 heterocycles. The number of fused-ring (bicyclic) bond motifs is 1. The van der Waals surface area contributed by atoms with E-state index in [-0.39, 0.29) is 17.5 Å². The summed E-state index contributed by atoms with van der Waals surface area (Å²) in [4.78, 5) is 21.8. The molecule has 0 spiro atoms. The van der Waals surface area contributed by atoms with Crippen molar-refractivity contribution >= 4 is 23.4 Å². The summed E-state index contributed by atoms with van der Waals surface area (Å²) >= 11 is 1.35. The predicted molar refractivity (Wildman–Crippen MR) is 114 cm³/mol. The molecule has 1 aromatic heterocycles. The fraction of sp³-hybridized carbons (Fsp3) is 0.318. The van der Waals surface area contributed by atoms with E-state index >= 15 is 0 Å². The third kappa shape index (κ3) is 3.72. The Hall–Kier alpha value is -2.78. The van der Waals surface area contributed by atoms with Gasteiger partial charge in [-0.2, -0.15) is 4.68 Å². The van der Waals surface area contributed by atoms with Crippen LogP contribution in [0.25, 0.3) is 0 Å². The minimum absolute atomic E-state index is 0.171. The smallest absolute Gasteiger partial charge is 0.264 e. The summed E-state index contributed by atoms with van der Waals surface area (Å²) in [6.45, 7) is 4.44. The zero-order valence-corrected chi connectivity index (χ0v) is 17.7. The Bertz CT molecular complexity index is 1110. The van der Waals surface area contributed by atoms with Gasteiger partial charge in [0.15, 0.2) is 5.16 Å². The van der Waals surface area contributed by atoms with Crippen LogP contribution in [0.3, 0.4) is 0 Å². The lowest BCUT2D eigenvalue weighted by Crippen LogP contribution is -2.50. The van der Waals surface area contributed by atoms with Crippen molar-refractivity contribution in [2.75, 3.05) is 31.1 Å². The molecule has 1 fully saturated rings. The van der Waals surface area contributed by atoms with E-state index in [1.165, 1.54) is 34.6 Å². The number of rotatable bonds is 4. The van der Waals surface area contributed by atoms with Crippen molar-refractivity contribution in [3.8, 4) is 0 Å². The van der Waals surface area contributed by atoms with Crippen molar-refractivity contribution in [3.05, 3.63) is 71.6 Å². The second-order valence-corrected chi connectivity index (χ2v) is 8.80. The summed E-state index contributed by atoms with van der Waals surface area (Å²) in [6.07, 6.45) is 0. The first-order valence-corrected chi connectivity index (χ1v) is 11.0. The molecular weight excluding hydrogens is 420 g/mol. The van der Waals surface area contributed by atoms with Gasteiger partial charge in [0.05, 0.1) is 6.04 Å². The largest absolute Gasteiger partial charge is 0.369 e. The van der Waals surface area contributed by atoms with E-state index in [9.17, 15) is 13.6 Å². The molecule has 0 saturated carbocycles. The van der Waals surface area contributed by atoms with Gasteiger partial charge in [-0.1, -0.05) is 30.0 Å². The standard InChI is InChI=1S/C22H21F2N5OS/c1-14-25-22-29(26-14)21(30)20(31-22)19(17-4-2-3-5-18(17)24)28-12-10-27(11-13-28)16-8-6-15(23)7-9-16/h2-9,19-20H,10-13H2,1H3. The fourth-order valence-corrected chi connectivity index (χ4v) is 5.57. The minimum atomic E-state index is -0.523. The number of carbonyl (C=O) groups excluding carboxylic acids is 1. The Kier molecular flexibility index (Phi) is 5.23. The van der Waals surface area contributed by atoms with Gasteiger partial charge in [-0.3, -0.25) is 9.69 Å². The van der Waals surface area contributed by atoms with Crippen molar-refractivity contribution in [3.63, 3.8) is 0 Å². The van der Waals surface area contributed by atoms with E-state index < -0.39 is 11.3 Å². The molecule has 31 heavy (non-hydrogen) atoms. The molecule has 0 N–H and O–H groups in total. The van der Waals surface area contributed by atoms with E-state index in [4.69, 9.17) is 0 Å². The number of aromatic nitrogens is 3. The van der Waals surface area contributed by atoms with Crippen LogP contribution in [0.5, 0.6) is 0 Å². The molecule has 9 heteroatoms. The maximum Gasteiger partial charge on any atom is 0.264 e. The number of anilines is 1. The molecule has 3 aromatic rings. The first-order chi connectivity index (χ1) is 15.0. The van der Waals surface area contributed by atoms with E-state index in [1.54, 1.807) is 37.3 Å².